The number of hydrogen-bond donors (Lipinski definition) is 1. The summed E-state index contributed by atoms with van der Waals surface area (Å²) in [6.07, 6.45) is 2.35. The van der Waals surface area contributed by atoms with Gasteiger partial charge in [0.15, 0.2) is 0 Å². The van der Waals surface area contributed by atoms with Crippen molar-refractivity contribution in [1.29, 1.82) is 0 Å². The van der Waals surface area contributed by atoms with E-state index >= 15 is 0 Å². The molecule has 0 bridgehead atoms. The molecule has 1 aromatic heterocycles. The summed E-state index contributed by atoms with van der Waals surface area (Å²) in [6, 6.07) is 6.02. The van der Waals surface area contributed by atoms with Crippen LogP contribution in [0.5, 0.6) is 5.75 Å². The first kappa shape index (κ1) is 11.8. The Morgan fingerprint density at radius 1 is 1.26 bits per heavy atom. The fraction of sp³-hybridized carbons (Fsp3) is 0.385. The Hall–Kier alpha value is -2.24. The lowest BCUT2D eigenvalue weighted by Crippen LogP contribution is -2.17. The van der Waals surface area contributed by atoms with Crippen molar-refractivity contribution in [1.82, 2.24) is 10.2 Å². The minimum absolute atomic E-state index is 0.483. The Kier molecular flexibility index (Phi) is 2.98. The standard InChI is InChI=1S/C13H16N4O2/c1-18-11-5-4-9(8-10(11)14)12-15-16-13(19-12)17-6-2-3-7-17/h4-5,8H,2-3,6-7,14H2,1H3. The highest BCUT2D eigenvalue weighted by Gasteiger charge is 2.19. The largest absolute Gasteiger partial charge is 0.495 e. The van der Waals surface area contributed by atoms with Gasteiger partial charge in [0, 0.05) is 18.7 Å². The number of rotatable bonds is 3. The molecule has 2 N–H and O–H groups in total. The van der Waals surface area contributed by atoms with Crippen LogP contribution in [0.2, 0.25) is 0 Å². The molecular weight excluding hydrogens is 244 g/mol. The molecule has 1 aliphatic heterocycles. The Labute approximate surface area is 111 Å². The Morgan fingerprint density at radius 2 is 2.05 bits per heavy atom. The monoisotopic (exact) mass is 260 g/mol. The maximum atomic E-state index is 5.87. The first-order valence-electron chi connectivity index (χ1n) is 6.30. The zero-order valence-electron chi connectivity index (χ0n) is 10.8. The van der Waals surface area contributed by atoms with E-state index in [1.807, 2.05) is 6.07 Å². The van der Waals surface area contributed by atoms with Crippen LogP contribution in [-0.2, 0) is 0 Å². The molecule has 19 heavy (non-hydrogen) atoms. The Morgan fingerprint density at radius 3 is 2.74 bits per heavy atom. The predicted octanol–water partition coefficient (Wildman–Crippen LogP) is 1.93. The molecular formula is C13H16N4O2. The summed E-state index contributed by atoms with van der Waals surface area (Å²) in [7, 11) is 1.59. The maximum Gasteiger partial charge on any atom is 0.318 e. The normalized spacial score (nSPS) is 14.9. The summed E-state index contributed by atoms with van der Waals surface area (Å²) >= 11 is 0. The molecule has 100 valence electrons. The van der Waals surface area contributed by atoms with Crippen molar-refractivity contribution in [3.8, 4) is 17.2 Å². The molecule has 1 saturated heterocycles. The highest BCUT2D eigenvalue weighted by atomic mass is 16.5. The summed E-state index contributed by atoms with van der Waals surface area (Å²) in [4.78, 5) is 2.10. The SMILES string of the molecule is COc1ccc(-c2nnc(N3CCCC3)o2)cc1N. The van der Waals surface area contributed by atoms with E-state index in [-0.39, 0.29) is 0 Å². The third-order valence-electron chi connectivity index (χ3n) is 3.27. The average Bonchev–Trinajstić information content (AvgIpc) is 3.09. The van der Waals surface area contributed by atoms with Crippen LogP contribution in [0.3, 0.4) is 0 Å². The van der Waals surface area contributed by atoms with Crippen molar-refractivity contribution in [2.24, 2.45) is 0 Å². The second kappa shape index (κ2) is 4.79. The molecule has 0 spiro atoms. The van der Waals surface area contributed by atoms with Gasteiger partial charge in [-0.1, -0.05) is 5.10 Å². The van der Waals surface area contributed by atoms with Crippen LogP contribution in [0.25, 0.3) is 11.5 Å². The van der Waals surface area contributed by atoms with Crippen LogP contribution in [0, 0.1) is 0 Å². The van der Waals surface area contributed by atoms with Gasteiger partial charge in [0.2, 0.25) is 5.89 Å². The van der Waals surface area contributed by atoms with Gasteiger partial charge in [0.05, 0.1) is 12.8 Å². The van der Waals surface area contributed by atoms with E-state index in [1.54, 1.807) is 19.2 Å². The first-order valence-corrected chi connectivity index (χ1v) is 6.30. The smallest absolute Gasteiger partial charge is 0.318 e. The van der Waals surface area contributed by atoms with Crippen molar-refractivity contribution in [2.45, 2.75) is 12.8 Å². The van der Waals surface area contributed by atoms with Gasteiger partial charge < -0.3 is 19.8 Å². The Bertz CT molecular complexity index is 576. The quantitative estimate of drug-likeness (QED) is 0.850. The molecule has 2 aromatic rings. The van der Waals surface area contributed by atoms with E-state index in [1.165, 1.54) is 12.8 Å². The molecule has 0 aliphatic carbocycles. The van der Waals surface area contributed by atoms with Crippen molar-refractivity contribution in [2.75, 3.05) is 30.8 Å². The fourth-order valence-electron chi connectivity index (χ4n) is 2.24. The van der Waals surface area contributed by atoms with Gasteiger partial charge in [-0.2, -0.15) is 0 Å². The van der Waals surface area contributed by atoms with Crippen molar-refractivity contribution in [3.63, 3.8) is 0 Å². The summed E-state index contributed by atoms with van der Waals surface area (Å²) in [6.45, 7) is 1.96. The third kappa shape index (κ3) is 2.21. The number of methoxy groups -OCH3 is 1. The lowest BCUT2D eigenvalue weighted by Gasteiger charge is -2.09. The number of ether oxygens (including phenoxy) is 1. The van der Waals surface area contributed by atoms with Gasteiger partial charge in [-0.3, -0.25) is 0 Å². The van der Waals surface area contributed by atoms with E-state index in [2.05, 4.69) is 15.1 Å². The Balaban J connectivity index is 1.87. The van der Waals surface area contributed by atoms with Crippen LogP contribution >= 0.6 is 0 Å². The highest BCUT2D eigenvalue weighted by molar-refractivity contribution is 5.65. The summed E-state index contributed by atoms with van der Waals surface area (Å²) < 4.78 is 10.8. The third-order valence-corrected chi connectivity index (χ3v) is 3.27. The second-order valence-electron chi connectivity index (χ2n) is 4.54. The molecule has 2 heterocycles. The van der Waals surface area contributed by atoms with E-state index in [9.17, 15) is 0 Å². The van der Waals surface area contributed by atoms with Gasteiger partial charge >= 0.3 is 6.01 Å². The van der Waals surface area contributed by atoms with E-state index in [4.69, 9.17) is 14.9 Å². The number of hydrogen-bond acceptors (Lipinski definition) is 6. The van der Waals surface area contributed by atoms with E-state index in [0.717, 1.165) is 18.7 Å². The zero-order valence-corrected chi connectivity index (χ0v) is 10.8. The predicted molar refractivity (Wildman–Crippen MR) is 72.1 cm³/mol. The van der Waals surface area contributed by atoms with Crippen LogP contribution < -0.4 is 15.4 Å². The van der Waals surface area contributed by atoms with Crippen LogP contribution in [0.15, 0.2) is 22.6 Å². The number of nitrogen functional groups attached to an aromatic ring is 1. The number of anilines is 2. The highest BCUT2D eigenvalue weighted by Crippen LogP contribution is 2.29. The number of nitrogens with zero attached hydrogens (tertiary/aromatic N) is 3. The van der Waals surface area contributed by atoms with Crippen molar-refractivity contribution >= 4 is 11.7 Å². The lowest BCUT2D eigenvalue weighted by molar-refractivity contribution is 0.417. The minimum Gasteiger partial charge on any atom is -0.495 e. The molecule has 6 nitrogen and oxygen atoms in total. The van der Waals surface area contributed by atoms with E-state index < -0.39 is 0 Å². The molecule has 0 saturated carbocycles. The zero-order chi connectivity index (χ0) is 13.2. The van der Waals surface area contributed by atoms with Gasteiger partial charge in [0.1, 0.15) is 5.75 Å². The van der Waals surface area contributed by atoms with Crippen molar-refractivity contribution in [3.05, 3.63) is 18.2 Å². The topological polar surface area (TPSA) is 77.4 Å². The van der Waals surface area contributed by atoms with Gasteiger partial charge in [-0.15, -0.1) is 5.10 Å². The van der Waals surface area contributed by atoms with Gasteiger partial charge in [0.25, 0.3) is 0 Å². The molecule has 0 atom stereocenters. The number of benzene rings is 1. The molecule has 0 radical (unpaired) electrons. The number of aromatic nitrogens is 2. The summed E-state index contributed by atoms with van der Waals surface area (Å²) in [5.41, 5.74) is 7.23. The van der Waals surface area contributed by atoms with Crippen LogP contribution in [0.1, 0.15) is 12.8 Å². The minimum atomic E-state index is 0.483. The van der Waals surface area contributed by atoms with Gasteiger partial charge in [-0.05, 0) is 31.0 Å². The summed E-state index contributed by atoms with van der Waals surface area (Å²) in [5, 5.41) is 8.16. The second-order valence-corrected chi connectivity index (χ2v) is 4.54. The maximum absolute atomic E-state index is 5.87. The lowest BCUT2D eigenvalue weighted by atomic mass is 10.2. The van der Waals surface area contributed by atoms with Crippen LogP contribution in [-0.4, -0.2) is 30.4 Å². The molecule has 1 aliphatic rings. The molecule has 3 rings (SSSR count). The van der Waals surface area contributed by atoms with E-state index in [0.29, 0.717) is 23.3 Å². The molecule has 0 amide bonds. The fourth-order valence-corrected chi connectivity index (χ4v) is 2.24. The average molecular weight is 260 g/mol. The molecule has 0 unspecified atom stereocenters. The summed E-state index contributed by atoms with van der Waals surface area (Å²) in [5.74, 6) is 1.12. The van der Waals surface area contributed by atoms with Crippen molar-refractivity contribution < 1.29 is 9.15 Å². The first-order chi connectivity index (χ1) is 9.28. The molecule has 6 heteroatoms. The molecule has 1 fully saturated rings. The molecule has 1 aromatic carbocycles. The van der Waals surface area contributed by atoms with Gasteiger partial charge in [-0.25, -0.2) is 0 Å². The number of nitrogens with two attached hydrogens (primary N) is 1. The van der Waals surface area contributed by atoms with Crippen LogP contribution in [0.4, 0.5) is 11.7 Å².